The van der Waals surface area contributed by atoms with Crippen molar-refractivity contribution in [2.24, 2.45) is 13.0 Å². The van der Waals surface area contributed by atoms with E-state index in [2.05, 4.69) is 25.7 Å². The van der Waals surface area contributed by atoms with Crippen LogP contribution in [-0.4, -0.2) is 54.3 Å². The molecule has 1 aliphatic carbocycles. The number of aromatic amines is 1. The van der Waals surface area contributed by atoms with E-state index >= 15 is 0 Å². The van der Waals surface area contributed by atoms with Crippen LogP contribution < -0.4 is 0 Å². The first-order valence-electron chi connectivity index (χ1n) is 8.76. The molecule has 2 fully saturated rings. The van der Waals surface area contributed by atoms with E-state index in [9.17, 15) is 4.79 Å². The molecule has 1 saturated carbocycles. The van der Waals surface area contributed by atoms with Crippen LogP contribution >= 0.6 is 0 Å². The molecular weight excluding hydrogens is 306 g/mol. The second kappa shape index (κ2) is 6.33. The lowest BCUT2D eigenvalue weighted by molar-refractivity contribution is 0.0658. The molecule has 8 heteroatoms. The number of aryl methyl sites for hydroxylation is 1. The Kier molecular flexibility index (Phi) is 4.03. The Hall–Kier alpha value is -2.25. The smallest absolute Gasteiger partial charge is 0.272 e. The van der Waals surface area contributed by atoms with Crippen molar-refractivity contribution in [3.8, 4) is 0 Å². The lowest BCUT2D eigenvalue weighted by Crippen LogP contribution is -2.41. The van der Waals surface area contributed by atoms with Crippen LogP contribution in [0.1, 0.15) is 59.9 Å². The van der Waals surface area contributed by atoms with Gasteiger partial charge in [-0.3, -0.25) is 9.48 Å². The van der Waals surface area contributed by atoms with Gasteiger partial charge in [-0.1, -0.05) is 11.6 Å². The van der Waals surface area contributed by atoms with Crippen molar-refractivity contribution in [1.29, 1.82) is 0 Å². The van der Waals surface area contributed by atoms with E-state index in [-0.39, 0.29) is 5.91 Å². The molecule has 1 N–H and O–H groups in total. The van der Waals surface area contributed by atoms with Crippen LogP contribution in [0.25, 0.3) is 0 Å². The van der Waals surface area contributed by atoms with Gasteiger partial charge in [-0.05, 0) is 37.5 Å². The summed E-state index contributed by atoms with van der Waals surface area (Å²) in [5.41, 5.74) is 1.91. The van der Waals surface area contributed by atoms with Gasteiger partial charge in [-0.2, -0.15) is 10.3 Å². The van der Waals surface area contributed by atoms with E-state index in [1.54, 1.807) is 4.68 Å². The highest BCUT2D eigenvalue weighted by Gasteiger charge is 2.32. The first-order chi connectivity index (χ1) is 11.7. The van der Waals surface area contributed by atoms with E-state index < -0.39 is 0 Å². The van der Waals surface area contributed by atoms with E-state index in [1.807, 2.05) is 18.1 Å². The second-order valence-electron chi connectivity index (χ2n) is 6.99. The van der Waals surface area contributed by atoms with E-state index in [4.69, 9.17) is 0 Å². The molecule has 128 valence electrons. The predicted octanol–water partition coefficient (Wildman–Crippen LogP) is 1.30. The van der Waals surface area contributed by atoms with Gasteiger partial charge in [-0.25, -0.2) is 0 Å². The summed E-state index contributed by atoms with van der Waals surface area (Å²) < 4.78 is 1.75. The van der Waals surface area contributed by atoms with Crippen molar-refractivity contribution < 1.29 is 4.79 Å². The molecular formula is C16H23N7O. The number of aromatic nitrogens is 6. The SMILES string of the molecule is Cn1ncc(C2CCC2)c1C(=O)N1CCCC(Cc2nn[nH]n2)C1. The summed E-state index contributed by atoms with van der Waals surface area (Å²) in [6, 6.07) is 0. The number of likely N-dealkylation sites (tertiary alicyclic amines) is 1. The van der Waals surface area contributed by atoms with Crippen molar-refractivity contribution in [2.45, 2.75) is 44.4 Å². The first-order valence-corrected chi connectivity index (χ1v) is 8.76. The number of rotatable bonds is 4. The summed E-state index contributed by atoms with van der Waals surface area (Å²) in [6.45, 7) is 1.57. The summed E-state index contributed by atoms with van der Waals surface area (Å²) >= 11 is 0. The molecule has 1 amide bonds. The molecule has 0 aromatic carbocycles. The Labute approximate surface area is 140 Å². The average molecular weight is 329 g/mol. The third kappa shape index (κ3) is 2.81. The second-order valence-corrected chi connectivity index (χ2v) is 6.99. The number of hydrogen-bond donors (Lipinski definition) is 1. The van der Waals surface area contributed by atoms with E-state index in [0.717, 1.165) is 49.4 Å². The van der Waals surface area contributed by atoms with Crippen LogP contribution in [0.2, 0.25) is 0 Å². The fourth-order valence-corrected chi connectivity index (χ4v) is 3.83. The Bertz CT molecular complexity index is 704. The van der Waals surface area contributed by atoms with Crippen LogP contribution in [0.4, 0.5) is 0 Å². The average Bonchev–Trinajstić information content (AvgIpc) is 3.16. The molecule has 2 aliphatic rings. The van der Waals surface area contributed by atoms with Gasteiger partial charge in [0, 0.05) is 32.1 Å². The van der Waals surface area contributed by atoms with E-state index in [0.29, 0.717) is 11.8 Å². The zero-order valence-corrected chi connectivity index (χ0v) is 14.0. The number of hydrogen-bond acceptors (Lipinski definition) is 5. The fourth-order valence-electron chi connectivity index (χ4n) is 3.83. The van der Waals surface area contributed by atoms with Crippen molar-refractivity contribution in [3.63, 3.8) is 0 Å². The summed E-state index contributed by atoms with van der Waals surface area (Å²) in [7, 11) is 1.87. The van der Waals surface area contributed by atoms with Gasteiger partial charge in [0.1, 0.15) is 5.69 Å². The molecule has 4 rings (SSSR count). The largest absolute Gasteiger partial charge is 0.337 e. The molecule has 2 aromatic heterocycles. The number of H-pyrrole nitrogens is 1. The Morgan fingerprint density at radius 1 is 1.33 bits per heavy atom. The van der Waals surface area contributed by atoms with Crippen molar-refractivity contribution in [3.05, 3.63) is 23.3 Å². The highest BCUT2D eigenvalue weighted by Crippen LogP contribution is 2.38. The summed E-state index contributed by atoms with van der Waals surface area (Å²) in [5, 5.41) is 18.5. The Morgan fingerprint density at radius 2 is 2.21 bits per heavy atom. The number of carbonyl (C=O) groups is 1. The Morgan fingerprint density at radius 3 is 2.92 bits per heavy atom. The number of carbonyl (C=O) groups excluding carboxylic acids is 1. The molecule has 8 nitrogen and oxygen atoms in total. The minimum absolute atomic E-state index is 0.120. The van der Waals surface area contributed by atoms with Gasteiger partial charge in [-0.15, -0.1) is 10.2 Å². The van der Waals surface area contributed by atoms with Crippen LogP contribution in [-0.2, 0) is 13.5 Å². The van der Waals surface area contributed by atoms with Gasteiger partial charge < -0.3 is 4.90 Å². The number of amides is 1. The minimum atomic E-state index is 0.120. The zero-order chi connectivity index (χ0) is 16.5. The molecule has 0 bridgehead atoms. The maximum Gasteiger partial charge on any atom is 0.272 e. The fraction of sp³-hybridized carbons (Fsp3) is 0.688. The summed E-state index contributed by atoms with van der Waals surface area (Å²) in [4.78, 5) is 15.1. The lowest BCUT2D eigenvalue weighted by Gasteiger charge is -2.33. The van der Waals surface area contributed by atoms with Crippen molar-refractivity contribution in [2.75, 3.05) is 13.1 Å². The van der Waals surface area contributed by atoms with Crippen molar-refractivity contribution in [1.82, 2.24) is 35.3 Å². The molecule has 2 aromatic rings. The van der Waals surface area contributed by atoms with Crippen LogP contribution in [0, 0.1) is 5.92 Å². The van der Waals surface area contributed by atoms with Gasteiger partial charge in [0.15, 0.2) is 5.82 Å². The Balaban J connectivity index is 1.49. The lowest BCUT2D eigenvalue weighted by atomic mass is 9.80. The summed E-state index contributed by atoms with van der Waals surface area (Å²) in [5.74, 6) is 1.75. The number of tetrazole rings is 1. The minimum Gasteiger partial charge on any atom is -0.337 e. The predicted molar refractivity (Wildman–Crippen MR) is 86.3 cm³/mol. The zero-order valence-electron chi connectivity index (χ0n) is 14.0. The normalized spacial score (nSPS) is 21.7. The third-order valence-electron chi connectivity index (χ3n) is 5.38. The molecule has 1 aliphatic heterocycles. The molecule has 1 atom stereocenters. The molecule has 1 saturated heterocycles. The maximum absolute atomic E-state index is 13.1. The molecule has 0 radical (unpaired) electrons. The monoisotopic (exact) mass is 329 g/mol. The van der Waals surface area contributed by atoms with Crippen LogP contribution in [0.3, 0.4) is 0 Å². The molecule has 1 unspecified atom stereocenters. The maximum atomic E-state index is 13.1. The number of piperidine rings is 1. The highest BCUT2D eigenvalue weighted by atomic mass is 16.2. The standard InChI is InChI=1S/C16H23N7O/c1-22-15(13(9-17-22)12-5-2-6-12)16(24)23-7-3-4-11(10-23)8-14-18-20-21-19-14/h9,11-12H,2-8,10H2,1H3,(H,18,19,20,21). The van der Waals surface area contributed by atoms with Gasteiger partial charge in [0.2, 0.25) is 0 Å². The first kappa shape index (κ1) is 15.3. The molecule has 24 heavy (non-hydrogen) atoms. The highest BCUT2D eigenvalue weighted by molar-refractivity contribution is 5.94. The molecule has 0 spiro atoms. The number of nitrogens with one attached hydrogen (secondary N) is 1. The quantitative estimate of drug-likeness (QED) is 0.912. The number of nitrogens with zero attached hydrogens (tertiary/aromatic N) is 6. The van der Waals surface area contributed by atoms with Crippen LogP contribution in [0.15, 0.2) is 6.20 Å². The topological polar surface area (TPSA) is 92.6 Å². The van der Waals surface area contributed by atoms with Gasteiger partial charge in [0.25, 0.3) is 5.91 Å². The summed E-state index contributed by atoms with van der Waals surface area (Å²) in [6.07, 6.45) is 8.37. The van der Waals surface area contributed by atoms with E-state index in [1.165, 1.54) is 19.3 Å². The molecule has 3 heterocycles. The van der Waals surface area contributed by atoms with Gasteiger partial charge in [0.05, 0.1) is 6.20 Å². The van der Waals surface area contributed by atoms with Crippen molar-refractivity contribution >= 4 is 5.91 Å². The van der Waals surface area contributed by atoms with Crippen LogP contribution in [0.5, 0.6) is 0 Å². The third-order valence-corrected chi connectivity index (χ3v) is 5.38. The van der Waals surface area contributed by atoms with Gasteiger partial charge >= 0.3 is 0 Å².